The molecule has 0 spiro atoms. The molecule has 2 aliphatic heterocycles. The van der Waals surface area contributed by atoms with E-state index in [4.69, 9.17) is 16.6 Å². The first-order valence-corrected chi connectivity index (χ1v) is 14.4. The van der Waals surface area contributed by atoms with E-state index in [1.807, 2.05) is 36.4 Å². The number of piperazine rings is 1. The Hall–Kier alpha value is -2.88. The number of nitrogens with one attached hydrogen (secondary N) is 1. The van der Waals surface area contributed by atoms with Crippen molar-refractivity contribution in [3.05, 3.63) is 76.7 Å². The van der Waals surface area contributed by atoms with Gasteiger partial charge in [0.05, 0.1) is 5.69 Å². The summed E-state index contributed by atoms with van der Waals surface area (Å²) in [5, 5.41) is 4.01. The van der Waals surface area contributed by atoms with Gasteiger partial charge < -0.3 is 20.0 Å². The first kappa shape index (κ1) is 26.7. The summed E-state index contributed by atoms with van der Waals surface area (Å²) in [5.41, 5.74) is 2.31. The lowest BCUT2D eigenvalue weighted by Gasteiger charge is -2.36. The van der Waals surface area contributed by atoms with Crippen molar-refractivity contribution in [1.29, 1.82) is 0 Å². The van der Waals surface area contributed by atoms with Crippen LogP contribution in [0.1, 0.15) is 28.8 Å². The molecule has 0 atom stereocenters. The number of anilines is 2. The molecule has 0 radical (unpaired) electrons. The predicted molar refractivity (Wildman–Crippen MR) is 152 cm³/mol. The van der Waals surface area contributed by atoms with Crippen LogP contribution in [-0.2, 0) is 5.75 Å². The van der Waals surface area contributed by atoms with E-state index in [0.29, 0.717) is 60.0 Å². The van der Waals surface area contributed by atoms with Crippen LogP contribution in [-0.4, -0.2) is 73.1 Å². The van der Waals surface area contributed by atoms with E-state index in [1.165, 1.54) is 30.7 Å². The van der Waals surface area contributed by atoms with Crippen molar-refractivity contribution in [2.75, 3.05) is 62.2 Å². The van der Waals surface area contributed by atoms with Gasteiger partial charge in [-0.15, -0.1) is 0 Å². The van der Waals surface area contributed by atoms with Gasteiger partial charge in [0.2, 0.25) is 0 Å². The molecule has 3 aromatic rings. The molecule has 0 bridgehead atoms. The van der Waals surface area contributed by atoms with E-state index in [0.717, 1.165) is 31.0 Å². The van der Waals surface area contributed by atoms with Gasteiger partial charge in [-0.1, -0.05) is 47.6 Å². The largest absolute Gasteiger partial charge is 0.366 e. The van der Waals surface area contributed by atoms with E-state index in [-0.39, 0.29) is 11.7 Å². The maximum atomic E-state index is 14.2. The number of rotatable bonds is 9. The topological polar surface area (TPSA) is 64.6 Å². The third-order valence-electron chi connectivity index (χ3n) is 6.93. The molecule has 2 fully saturated rings. The minimum absolute atomic E-state index is 0.0492. The minimum atomic E-state index is -0.201. The Labute approximate surface area is 232 Å². The second-order valence-electron chi connectivity index (χ2n) is 9.55. The van der Waals surface area contributed by atoms with Crippen molar-refractivity contribution in [1.82, 2.24) is 20.2 Å². The second kappa shape index (κ2) is 12.8. The van der Waals surface area contributed by atoms with E-state index < -0.39 is 0 Å². The highest BCUT2D eigenvalue weighted by Gasteiger charge is 2.21. The molecule has 3 heterocycles. The molecule has 7 nitrogen and oxygen atoms in total. The Bertz CT molecular complexity index is 1250. The van der Waals surface area contributed by atoms with Gasteiger partial charge in [0.15, 0.2) is 5.16 Å². The zero-order chi connectivity index (χ0) is 26.3. The highest BCUT2D eigenvalue weighted by Crippen LogP contribution is 2.27. The van der Waals surface area contributed by atoms with E-state index in [2.05, 4.69) is 25.0 Å². The number of carbonyl (C=O) groups excluding carboxylic acids is 1. The van der Waals surface area contributed by atoms with Crippen molar-refractivity contribution < 1.29 is 9.18 Å². The van der Waals surface area contributed by atoms with Crippen molar-refractivity contribution in [2.45, 2.75) is 23.8 Å². The van der Waals surface area contributed by atoms with Crippen LogP contribution in [0.5, 0.6) is 0 Å². The number of thioether (sulfide) groups is 1. The number of carbonyl (C=O) groups is 1. The zero-order valence-electron chi connectivity index (χ0n) is 21.3. The Balaban J connectivity index is 1.15. The van der Waals surface area contributed by atoms with Crippen LogP contribution in [0.25, 0.3) is 0 Å². The summed E-state index contributed by atoms with van der Waals surface area (Å²) < 4.78 is 14.2. The van der Waals surface area contributed by atoms with Gasteiger partial charge >= 0.3 is 0 Å². The lowest BCUT2D eigenvalue weighted by atomic mass is 10.1. The molecule has 0 saturated carbocycles. The Morgan fingerprint density at radius 2 is 1.71 bits per heavy atom. The lowest BCUT2D eigenvalue weighted by molar-refractivity contribution is 0.0949. The van der Waals surface area contributed by atoms with Crippen molar-refractivity contribution in [3.8, 4) is 0 Å². The standard InChI is InChI=1S/C28H32ClFN6OS/c29-25-19-26(36-16-14-35(15-17-36)24-9-2-1-8-23(24)30)33-28(32-25)38-20-21-6-5-7-22(18-21)27(37)31-10-13-34-11-3-4-12-34/h1-2,5-9,18-19H,3-4,10-17,20H2,(H,31,37). The number of nitrogens with zero attached hydrogens (tertiary/aromatic N) is 5. The number of hydrogen-bond acceptors (Lipinski definition) is 7. The maximum Gasteiger partial charge on any atom is 0.251 e. The van der Waals surface area contributed by atoms with Gasteiger partial charge in [-0.25, -0.2) is 14.4 Å². The molecule has 1 aromatic heterocycles. The minimum Gasteiger partial charge on any atom is -0.366 e. The number of likely N-dealkylation sites (tertiary alicyclic amines) is 1. The summed E-state index contributed by atoms with van der Waals surface area (Å²) in [4.78, 5) is 28.4. The van der Waals surface area contributed by atoms with Gasteiger partial charge in [-0.05, 0) is 55.8 Å². The summed E-state index contributed by atoms with van der Waals surface area (Å²) in [6.07, 6.45) is 2.50. The molecule has 0 unspecified atom stereocenters. The Kier molecular flexibility index (Phi) is 8.98. The molecule has 200 valence electrons. The third-order valence-corrected chi connectivity index (χ3v) is 8.04. The van der Waals surface area contributed by atoms with Crippen LogP contribution in [0.3, 0.4) is 0 Å². The van der Waals surface area contributed by atoms with Crippen LogP contribution in [0.2, 0.25) is 5.15 Å². The molecular formula is C28H32ClFN6OS. The SMILES string of the molecule is O=C(NCCN1CCCC1)c1cccc(CSc2nc(Cl)cc(N3CCN(c4ccccc4F)CC3)n2)c1. The summed E-state index contributed by atoms with van der Waals surface area (Å²) >= 11 is 7.84. The van der Waals surface area contributed by atoms with Crippen LogP contribution < -0.4 is 15.1 Å². The molecule has 0 aliphatic carbocycles. The van der Waals surface area contributed by atoms with Gasteiger partial charge in [0, 0.05) is 56.7 Å². The highest BCUT2D eigenvalue weighted by molar-refractivity contribution is 7.98. The third kappa shape index (κ3) is 6.95. The Morgan fingerprint density at radius 1 is 0.947 bits per heavy atom. The van der Waals surface area contributed by atoms with Crippen LogP contribution in [0, 0.1) is 5.82 Å². The van der Waals surface area contributed by atoms with Gasteiger partial charge in [-0.3, -0.25) is 4.79 Å². The molecule has 38 heavy (non-hydrogen) atoms. The Morgan fingerprint density at radius 3 is 2.50 bits per heavy atom. The molecule has 1 N–H and O–H groups in total. The fourth-order valence-corrected chi connectivity index (χ4v) is 5.91. The lowest BCUT2D eigenvalue weighted by Crippen LogP contribution is -2.47. The number of benzene rings is 2. The van der Waals surface area contributed by atoms with E-state index in [1.54, 1.807) is 12.1 Å². The van der Waals surface area contributed by atoms with Crippen molar-refractivity contribution in [2.24, 2.45) is 0 Å². The van der Waals surface area contributed by atoms with Crippen LogP contribution in [0.15, 0.2) is 59.8 Å². The molecule has 2 aromatic carbocycles. The van der Waals surface area contributed by atoms with E-state index in [9.17, 15) is 9.18 Å². The fourth-order valence-electron chi connectivity index (χ4n) is 4.88. The normalized spacial score (nSPS) is 16.2. The summed E-state index contributed by atoms with van der Waals surface area (Å²) in [7, 11) is 0. The van der Waals surface area contributed by atoms with Gasteiger partial charge in [-0.2, -0.15) is 0 Å². The molecular weight excluding hydrogens is 523 g/mol. The van der Waals surface area contributed by atoms with Crippen molar-refractivity contribution in [3.63, 3.8) is 0 Å². The fraction of sp³-hybridized carbons (Fsp3) is 0.393. The van der Waals surface area contributed by atoms with Crippen LogP contribution in [0.4, 0.5) is 15.9 Å². The smallest absolute Gasteiger partial charge is 0.251 e. The van der Waals surface area contributed by atoms with Crippen LogP contribution >= 0.6 is 23.4 Å². The molecule has 5 rings (SSSR count). The highest BCUT2D eigenvalue weighted by atomic mass is 35.5. The van der Waals surface area contributed by atoms with Gasteiger partial charge in [0.1, 0.15) is 16.8 Å². The average molecular weight is 555 g/mol. The van der Waals surface area contributed by atoms with Crippen molar-refractivity contribution >= 4 is 40.8 Å². The predicted octanol–water partition coefficient (Wildman–Crippen LogP) is 4.71. The zero-order valence-corrected chi connectivity index (χ0v) is 22.9. The first-order valence-electron chi connectivity index (χ1n) is 13.1. The summed E-state index contributed by atoms with van der Waals surface area (Å²) in [6.45, 7) is 6.61. The number of halogens is 2. The first-order chi connectivity index (χ1) is 18.5. The van der Waals surface area contributed by atoms with Gasteiger partial charge in [0.25, 0.3) is 5.91 Å². The number of aromatic nitrogens is 2. The molecule has 1 amide bonds. The average Bonchev–Trinajstić information content (AvgIpc) is 3.46. The summed E-state index contributed by atoms with van der Waals surface area (Å²) in [6, 6.07) is 16.3. The number of amides is 1. The molecule has 10 heteroatoms. The second-order valence-corrected chi connectivity index (χ2v) is 10.9. The summed E-state index contributed by atoms with van der Waals surface area (Å²) in [5.74, 6) is 1.14. The monoisotopic (exact) mass is 554 g/mol. The number of hydrogen-bond donors (Lipinski definition) is 1. The quantitative estimate of drug-likeness (QED) is 0.233. The maximum absolute atomic E-state index is 14.2. The molecule has 2 saturated heterocycles. The number of para-hydroxylation sites is 1. The molecule has 2 aliphatic rings. The van der Waals surface area contributed by atoms with E-state index >= 15 is 0 Å².